The minimum Gasteiger partial charge on any atom is -0.348 e. The molecule has 0 radical (unpaired) electrons. The van der Waals surface area contributed by atoms with E-state index in [1.807, 2.05) is 6.07 Å². The van der Waals surface area contributed by atoms with Gasteiger partial charge in [-0.1, -0.05) is 36.4 Å². The Morgan fingerprint density at radius 1 is 1.17 bits per heavy atom. The molecule has 1 aromatic rings. The minimum atomic E-state index is 0.233. The third-order valence-corrected chi connectivity index (χ3v) is 5.31. The third kappa shape index (κ3) is 5.46. The second-order valence-electron chi connectivity index (χ2n) is 7.39. The molecule has 1 saturated heterocycles. The van der Waals surface area contributed by atoms with Crippen LogP contribution in [0, 0.1) is 5.92 Å². The van der Waals surface area contributed by atoms with E-state index in [-0.39, 0.29) is 5.91 Å². The SMILES string of the molecule is C[C@H](NC(=O)C[NH+]1CC[NH+](C/C=C/c2ccccc2)CC1)C1CC1. The third-order valence-electron chi connectivity index (χ3n) is 5.31. The maximum Gasteiger partial charge on any atom is 0.275 e. The van der Waals surface area contributed by atoms with Crippen LogP contribution in [-0.2, 0) is 4.79 Å². The number of quaternary nitrogens is 2. The second-order valence-corrected chi connectivity index (χ2v) is 7.39. The van der Waals surface area contributed by atoms with Crippen molar-refractivity contribution in [2.45, 2.75) is 25.8 Å². The summed E-state index contributed by atoms with van der Waals surface area (Å²) < 4.78 is 0. The van der Waals surface area contributed by atoms with Crippen LogP contribution in [-0.4, -0.2) is 51.2 Å². The number of carbonyl (C=O) groups is 1. The Morgan fingerprint density at radius 3 is 2.50 bits per heavy atom. The first-order valence-corrected chi connectivity index (χ1v) is 9.39. The number of hydrogen-bond donors (Lipinski definition) is 3. The molecule has 0 spiro atoms. The van der Waals surface area contributed by atoms with Gasteiger partial charge in [-0.3, -0.25) is 4.79 Å². The van der Waals surface area contributed by atoms with Crippen LogP contribution in [0.5, 0.6) is 0 Å². The molecule has 1 saturated carbocycles. The van der Waals surface area contributed by atoms with Crippen LogP contribution in [0.2, 0.25) is 0 Å². The molecule has 3 rings (SSSR count). The first kappa shape index (κ1) is 17.2. The molecule has 0 aromatic heterocycles. The van der Waals surface area contributed by atoms with Gasteiger partial charge in [-0.15, -0.1) is 0 Å². The summed E-state index contributed by atoms with van der Waals surface area (Å²) >= 11 is 0. The molecule has 1 atom stereocenters. The molecule has 0 bridgehead atoms. The van der Waals surface area contributed by atoms with E-state index >= 15 is 0 Å². The molecule has 2 fully saturated rings. The number of amides is 1. The molecule has 1 aromatic carbocycles. The van der Waals surface area contributed by atoms with Crippen molar-refractivity contribution in [2.75, 3.05) is 39.3 Å². The summed E-state index contributed by atoms with van der Waals surface area (Å²) in [5, 5.41) is 3.18. The van der Waals surface area contributed by atoms with Crippen molar-refractivity contribution in [1.82, 2.24) is 5.32 Å². The number of benzene rings is 1. The van der Waals surface area contributed by atoms with Gasteiger partial charge >= 0.3 is 0 Å². The fourth-order valence-electron chi connectivity index (χ4n) is 3.51. The fraction of sp³-hybridized carbons (Fsp3) is 0.550. The van der Waals surface area contributed by atoms with E-state index in [0.29, 0.717) is 12.6 Å². The van der Waals surface area contributed by atoms with Crippen LogP contribution >= 0.6 is 0 Å². The Hall–Kier alpha value is -1.65. The van der Waals surface area contributed by atoms with Crippen molar-refractivity contribution in [1.29, 1.82) is 0 Å². The van der Waals surface area contributed by atoms with Gasteiger partial charge in [0.1, 0.15) is 26.2 Å². The van der Waals surface area contributed by atoms with Crippen LogP contribution in [0.15, 0.2) is 36.4 Å². The number of piperazine rings is 1. The Bertz CT molecular complexity index is 545. The summed E-state index contributed by atoms with van der Waals surface area (Å²) in [6.45, 7) is 8.36. The zero-order valence-corrected chi connectivity index (χ0v) is 14.8. The monoisotopic (exact) mass is 329 g/mol. The van der Waals surface area contributed by atoms with Gasteiger partial charge in [0.25, 0.3) is 5.91 Å². The molecule has 1 amide bonds. The number of rotatable bonds is 7. The lowest BCUT2D eigenvalue weighted by atomic mass is 10.2. The van der Waals surface area contributed by atoms with E-state index in [1.54, 1.807) is 4.90 Å². The van der Waals surface area contributed by atoms with Crippen molar-refractivity contribution in [3.05, 3.63) is 42.0 Å². The standard InChI is InChI=1S/C20H29N3O/c1-17(19-9-10-19)21-20(24)16-23-14-12-22(13-15-23)11-5-8-18-6-3-2-4-7-18/h2-8,17,19H,9-16H2,1H3,(H,21,24)/p+2/b8-5+/t17-/m0/s1. The Kier molecular flexibility index (Phi) is 6.05. The molecule has 4 heteroatoms. The number of nitrogens with one attached hydrogen (secondary N) is 3. The summed E-state index contributed by atoms with van der Waals surface area (Å²) in [4.78, 5) is 15.2. The average Bonchev–Trinajstić information content (AvgIpc) is 3.42. The van der Waals surface area contributed by atoms with E-state index < -0.39 is 0 Å². The van der Waals surface area contributed by atoms with Crippen molar-refractivity contribution in [2.24, 2.45) is 5.92 Å². The van der Waals surface area contributed by atoms with E-state index in [2.05, 4.69) is 48.7 Å². The molecule has 130 valence electrons. The zero-order valence-electron chi connectivity index (χ0n) is 14.8. The molecule has 3 N–H and O–H groups in total. The highest BCUT2D eigenvalue weighted by atomic mass is 16.2. The van der Waals surface area contributed by atoms with Gasteiger partial charge in [0.15, 0.2) is 6.54 Å². The summed E-state index contributed by atoms with van der Waals surface area (Å²) in [7, 11) is 0. The Labute approximate surface area is 145 Å². The lowest BCUT2D eigenvalue weighted by Gasteiger charge is -2.29. The largest absolute Gasteiger partial charge is 0.348 e. The van der Waals surface area contributed by atoms with Crippen LogP contribution < -0.4 is 15.1 Å². The van der Waals surface area contributed by atoms with E-state index in [9.17, 15) is 4.79 Å². The summed E-state index contributed by atoms with van der Waals surface area (Å²) in [5.41, 5.74) is 1.27. The quantitative estimate of drug-likeness (QED) is 0.614. The molecule has 1 aliphatic heterocycles. The lowest BCUT2D eigenvalue weighted by molar-refractivity contribution is -1.01. The first-order chi connectivity index (χ1) is 11.7. The lowest BCUT2D eigenvalue weighted by Crippen LogP contribution is -3.28. The van der Waals surface area contributed by atoms with Crippen molar-refractivity contribution >= 4 is 12.0 Å². The minimum absolute atomic E-state index is 0.233. The Balaban J connectivity index is 1.33. The van der Waals surface area contributed by atoms with Crippen LogP contribution in [0.1, 0.15) is 25.3 Å². The molecular formula is C20H31N3O+2. The van der Waals surface area contributed by atoms with Gasteiger partial charge in [-0.05, 0) is 37.3 Å². The molecule has 24 heavy (non-hydrogen) atoms. The van der Waals surface area contributed by atoms with Crippen LogP contribution in [0.3, 0.4) is 0 Å². The van der Waals surface area contributed by atoms with Gasteiger partial charge < -0.3 is 15.1 Å². The molecule has 2 aliphatic rings. The maximum absolute atomic E-state index is 12.1. The average molecular weight is 329 g/mol. The van der Waals surface area contributed by atoms with Gasteiger partial charge in [0.05, 0.1) is 6.54 Å². The summed E-state index contributed by atoms with van der Waals surface area (Å²) in [5.74, 6) is 0.971. The highest BCUT2D eigenvalue weighted by Crippen LogP contribution is 2.32. The van der Waals surface area contributed by atoms with Crippen LogP contribution in [0.25, 0.3) is 6.08 Å². The highest BCUT2D eigenvalue weighted by molar-refractivity contribution is 5.77. The molecule has 4 nitrogen and oxygen atoms in total. The highest BCUT2D eigenvalue weighted by Gasteiger charge is 2.30. The summed E-state index contributed by atoms with van der Waals surface area (Å²) in [6, 6.07) is 10.8. The van der Waals surface area contributed by atoms with Crippen LogP contribution in [0.4, 0.5) is 0 Å². The predicted octanol–water partition coefficient (Wildman–Crippen LogP) is -0.602. The van der Waals surface area contributed by atoms with Crippen molar-refractivity contribution in [3.63, 3.8) is 0 Å². The summed E-state index contributed by atoms with van der Waals surface area (Å²) in [6.07, 6.45) is 7.05. The smallest absolute Gasteiger partial charge is 0.275 e. The topological polar surface area (TPSA) is 38.0 Å². The molecule has 1 heterocycles. The predicted molar refractivity (Wildman–Crippen MR) is 96.9 cm³/mol. The van der Waals surface area contributed by atoms with Gasteiger partial charge in [-0.25, -0.2) is 0 Å². The van der Waals surface area contributed by atoms with E-state index in [0.717, 1.165) is 38.6 Å². The van der Waals surface area contributed by atoms with Crippen molar-refractivity contribution < 1.29 is 14.6 Å². The molecule has 1 aliphatic carbocycles. The van der Waals surface area contributed by atoms with Gasteiger partial charge in [0.2, 0.25) is 0 Å². The van der Waals surface area contributed by atoms with E-state index in [4.69, 9.17) is 0 Å². The number of hydrogen-bond acceptors (Lipinski definition) is 1. The fourth-order valence-corrected chi connectivity index (χ4v) is 3.51. The molecule has 0 unspecified atom stereocenters. The maximum atomic E-state index is 12.1. The van der Waals surface area contributed by atoms with Gasteiger partial charge in [-0.2, -0.15) is 0 Å². The second kappa shape index (κ2) is 8.45. The normalized spacial score (nSPS) is 25.5. The van der Waals surface area contributed by atoms with Gasteiger partial charge in [0, 0.05) is 6.04 Å². The number of carbonyl (C=O) groups excluding carboxylic acids is 1. The van der Waals surface area contributed by atoms with E-state index in [1.165, 1.54) is 23.3 Å². The Morgan fingerprint density at radius 2 is 1.83 bits per heavy atom. The zero-order chi connectivity index (χ0) is 16.8. The van der Waals surface area contributed by atoms with Crippen molar-refractivity contribution in [3.8, 4) is 0 Å². The first-order valence-electron chi connectivity index (χ1n) is 9.39. The molecular weight excluding hydrogens is 298 g/mol.